The zero-order valence-electron chi connectivity index (χ0n) is 14.9. The summed E-state index contributed by atoms with van der Waals surface area (Å²) in [5.74, 6) is -0.0725. The molecule has 1 amide bonds. The van der Waals surface area contributed by atoms with Gasteiger partial charge in [-0.2, -0.15) is 0 Å². The molecule has 0 aromatic carbocycles. The third-order valence-electron chi connectivity index (χ3n) is 4.82. The molecule has 2 N–H and O–H groups in total. The molecule has 7 heteroatoms. The van der Waals surface area contributed by atoms with E-state index in [9.17, 15) is 14.7 Å². The smallest absolute Gasteiger partial charge is 0.263 e. The van der Waals surface area contributed by atoms with Crippen molar-refractivity contribution in [2.24, 2.45) is 0 Å². The fourth-order valence-corrected chi connectivity index (χ4v) is 3.33. The lowest BCUT2D eigenvalue weighted by atomic mass is 9.92. The molecule has 0 spiro atoms. The number of rotatable bonds is 4. The van der Waals surface area contributed by atoms with E-state index in [0.717, 1.165) is 12.8 Å². The van der Waals surface area contributed by atoms with Crippen LogP contribution in [0.1, 0.15) is 47.6 Å². The van der Waals surface area contributed by atoms with Gasteiger partial charge in [-0.1, -0.05) is 0 Å². The Balaban J connectivity index is 1.87. The van der Waals surface area contributed by atoms with Crippen molar-refractivity contribution in [3.05, 3.63) is 52.1 Å². The van der Waals surface area contributed by atoms with Crippen LogP contribution < -0.4 is 15.6 Å². The van der Waals surface area contributed by atoms with Gasteiger partial charge in [-0.3, -0.25) is 9.59 Å². The lowest BCUT2D eigenvalue weighted by molar-refractivity contribution is 0.101. The van der Waals surface area contributed by atoms with Crippen LogP contribution in [0.4, 0.5) is 5.69 Å². The number of methoxy groups -OCH3 is 1. The van der Waals surface area contributed by atoms with Crippen molar-refractivity contribution in [3.63, 3.8) is 0 Å². The predicted molar refractivity (Wildman–Crippen MR) is 97.7 cm³/mol. The summed E-state index contributed by atoms with van der Waals surface area (Å²) in [6, 6.07) is 5.03. The number of hydrogen-bond donors (Lipinski definition) is 2. The van der Waals surface area contributed by atoms with E-state index in [1.165, 1.54) is 13.3 Å². The number of anilines is 1. The van der Waals surface area contributed by atoms with Crippen molar-refractivity contribution in [2.45, 2.75) is 44.8 Å². The largest absolute Gasteiger partial charge is 0.481 e. The number of nitrogens with one attached hydrogen (secondary N) is 1. The molecule has 0 atom stereocenters. The highest BCUT2D eigenvalue weighted by molar-refractivity contribution is 6.05. The molecule has 1 saturated carbocycles. The van der Waals surface area contributed by atoms with Gasteiger partial charge in [0.2, 0.25) is 5.88 Å². The van der Waals surface area contributed by atoms with Crippen molar-refractivity contribution < 1.29 is 14.6 Å². The highest BCUT2D eigenvalue weighted by Gasteiger charge is 2.24. The number of pyridine rings is 2. The highest BCUT2D eigenvalue weighted by atomic mass is 16.5. The Kier molecular flexibility index (Phi) is 5.37. The lowest BCUT2D eigenvalue weighted by Crippen LogP contribution is -2.34. The number of aliphatic hydroxyl groups excluding tert-OH is 1. The Hall–Kier alpha value is -2.67. The van der Waals surface area contributed by atoms with E-state index in [1.807, 2.05) is 0 Å². The summed E-state index contributed by atoms with van der Waals surface area (Å²) >= 11 is 0. The normalized spacial score (nSPS) is 19.8. The molecular weight excluding hydrogens is 334 g/mol. The molecule has 2 aromatic heterocycles. The molecule has 7 nitrogen and oxygen atoms in total. The van der Waals surface area contributed by atoms with Gasteiger partial charge in [-0.15, -0.1) is 0 Å². The van der Waals surface area contributed by atoms with Crippen LogP contribution in [0.3, 0.4) is 0 Å². The first-order chi connectivity index (χ1) is 12.5. The summed E-state index contributed by atoms with van der Waals surface area (Å²) in [5.41, 5.74) is 0.969. The molecule has 0 radical (unpaired) electrons. The molecule has 1 fully saturated rings. The minimum absolute atomic E-state index is 0.0130. The first-order valence-corrected chi connectivity index (χ1v) is 8.70. The number of aryl methyl sites for hydroxylation is 1. The van der Waals surface area contributed by atoms with Crippen LogP contribution in [0, 0.1) is 6.92 Å². The Bertz CT molecular complexity index is 854. The molecular formula is C19H23N3O4. The quantitative estimate of drug-likeness (QED) is 0.876. The predicted octanol–water partition coefficient (Wildman–Crippen LogP) is 2.29. The number of ether oxygens (including phenoxy) is 1. The molecule has 0 aliphatic heterocycles. The number of nitrogens with zero attached hydrogens (tertiary/aromatic N) is 2. The van der Waals surface area contributed by atoms with E-state index < -0.39 is 5.91 Å². The minimum atomic E-state index is -0.453. The fourth-order valence-electron chi connectivity index (χ4n) is 3.33. The van der Waals surface area contributed by atoms with Crippen molar-refractivity contribution in [1.29, 1.82) is 0 Å². The van der Waals surface area contributed by atoms with E-state index in [4.69, 9.17) is 4.74 Å². The fraction of sp³-hybridized carbons (Fsp3) is 0.421. The maximum atomic E-state index is 12.9. The van der Waals surface area contributed by atoms with E-state index in [0.29, 0.717) is 30.0 Å². The first kappa shape index (κ1) is 18.1. The Morgan fingerprint density at radius 1 is 1.31 bits per heavy atom. The highest BCUT2D eigenvalue weighted by Crippen LogP contribution is 2.27. The third kappa shape index (κ3) is 3.77. The number of aliphatic hydroxyl groups is 1. The van der Waals surface area contributed by atoms with Gasteiger partial charge in [-0.05, 0) is 50.3 Å². The van der Waals surface area contributed by atoms with E-state index >= 15 is 0 Å². The molecule has 1 aliphatic rings. The van der Waals surface area contributed by atoms with Crippen molar-refractivity contribution in [1.82, 2.24) is 9.55 Å². The van der Waals surface area contributed by atoms with Gasteiger partial charge in [-0.25, -0.2) is 4.98 Å². The topological polar surface area (TPSA) is 93.5 Å². The number of aromatic nitrogens is 2. The molecule has 2 heterocycles. The molecule has 2 aromatic rings. The van der Waals surface area contributed by atoms with Gasteiger partial charge in [0.05, 0.1) is 13.2 Å². The van der Waals surface area contributed by atoms with Crippen molar-refractivity contribution in [2.75, 3.05) is 12.4 Å². The summed E-state index contributed by atoms with van der Waals surface area (Å²) in [4.78, 5) is 29.6. The van der Waals surface area contributed by atoms with Crippen LogP contribution >= 0.6 is 0 Å². The second kappa shape index (κ2) is 7.70. The first-order valence-electron chi connectivity index (χ1n) is 8.70. The van der Waals surface area contributed by atoms with Gasteiger partial charge < -0.3 is 19.7 Å². The summed E-state index contributed by atoms with van der Waals surface area (Å²) in [5, 5.41) is 12.4. The number of carbonyl (C=O) groups is 1. The molecule has 0 bridgehead atoms. The van der Waals surface area contributed by atoms with Crippen molar-refractivity contribution in [3.8, 4) is 5.88 Å². The van der Waals surface area contributed by atoms with Gasteiger partial charge >= 0.3 is 0 Å². The third-order valence-corrected chi connectivity index (χ3v) is 4.82. The van der Waals surface area contributed by atoms with Gasteiger partial charge in [0.25, 0.3) is 11.5 Å². The molecule has 0 saturated heterocycles. The monoisotopic (exact) mass is 357 g/mol. The van der Waals surface area contributed by atoms with Gasteiger partial charge in [0.15, 0.2) is 0 Å². The van der Waals surface area contributed by atoms with Crippen LogP contribution in [0.25, 0.3) is 0 Å². The molecule has 3 rings (SSSR count). The summed E-state index contributed by atoms with van der Waals surface area (Å²) in [6.07, 6.45) is 5.77. The molecule has 138 valence electrons. The zero-order chi connectivity index (χ0) is 18.7. The second-order valence-electron chi connectivity index (χ2n) is 6.59. The van der Waals surface area contributed by atoms with Crippen LogP contribution in [-0.4, -0.2) is 33.8 Å². The number of hydrogen-bond acceptors (Lipinski definition) is 5. The average Bonchev–Trinajstić information content (AvgIpc) is 2.63. The van der Waals surface area contributed by atoms with Crippen molar-refractivity contribution >= 4 is 11.6 Å². The van der Waals surface area contributed by atoms with Crippen LogP contribution in [0.2, 0.25) is 0 Å². The Labute approximate surface area is 151 Å². The van der Waals surface area contributed by atoms with E-state index in [-0.39, 0.29) is 23.3 Å². The Morgan fingerprint density at radius 2 is 2.04 bits per heavy atom. The van der Waals surface area contributed by atoms with Gasteiger partial charge in [0, 0.05) is 30.2 Å². The molecule has 1 aliphatic carbocycles. The van der Waals surface area contributed by atoms with Crippen LogP contribution in [-0.2, 0) is 0 Å². The Morgan fingerprint density at radius 3 is 2.73 bits per heavy atom. The summed E-state index contributed by atoms with van der Waals surface area (Å²) in [7, 11) is 1.50. The average molecular weight is 357 g/mol. The lowest BCUT2D eigenvalue weighted by Gasteiger charge is -2.27. The van der Waals surface area contributed by atoms with E-state index in [1.54, 1.807) is 35.9 Å². The molecule has 26 heavy (non-hydrogen) atoms. The minimum Gasteiger partial charge on any atom is -0.481 e. The van der Waals surface area contributed by atoms with Crippen LogP contribution in [0.15, 0.2) is 35.4 Å². The SMILES string of the molecule is COc1cc(NC(=O)c2c(C)ccn(C3CCC(O)CC3)c2=O)ccn1. The summed E-state index contributed by atoms with van der Waals surface area (Å²) in [6.45, 7) is 1.75. The zero-order valence-corrected chi connectivity index (χ0v) is 14.9. The maximum absolute atomic E-state index is 12.9. The summed E-state index contributed by atoms with van der Waals surface area (Å²) < 4.78 is 6.67. The number of amides is 1. The van der Waals surface area contributed by atoms with Crippen LogP contribution in [0.5, 0.6) is 5.88 Å². The molecule has 0 unspecified atom stereocenters. The van der Waals surface area contributed by atoms with E-state index in [2.05, 4.69) is 10.3 Å². The second-order valence-corrected chi connectivity index (χ2v) is 6.59. The van der Waals surface area contributed by atoms with Gasteiger partial charge in [0.1, 0.15) is 5.56 Å². The number of carbonyl (C=O) groups excluding carboxylic acids is 1. The maximum Gasteiger partial charge on any atom is 0.263 e. The standard InChI is InChI=1S/C19H23N3O4/c1-12-8-10-22(14-3-5-15(23)6-4-14)19(25)17(12)18(24)21-13-7-9-20-16(11-13)26-2/h7-11,14-15,23H,3-6H2,1-2H3,(H,20,21,24).